The van der Waals surface area contributed by atoms with E-state index >= 15 is 0 Å². The number of methoxy groups -OCH3 is 2. The SMILES string of the molecule is COc1ccc(N2C3=[N+](CCCCC3)CC2(O)c2ccc(-c3ccccc3)cc2)c(OC)c1.[Br-]. The van der Waals surface area contributed by atoms with Crippen molar-refractivity contribution in [3.63, 3.8) is 0 Å². The second-order valence-corrected chi connectivity index (χ2v) is 8.78. The van der Waals surface area contributed by atoms with Gasteiger partial charge >= 0.3 is 0 Å². The minimum absolute atomic E-state index is 0. The number of rotatable bonds is 5. The van der Waals surface area contributed by atoms with E-state index in [1.807, 2.05) is 36.4 Å². The third-order valence-corrected chi connectivity index (χ3v) is 6.81. The molecule has 3 aromatic rings. The molecule has 2 aliphatic heterocycles. The zero-order valence-electron chi connectivity index (χ0n) is 19.7. The lowest BCUT2D eigenvalue weighted by atomic mass is 9.96. The Hall–Kier alpha value is -2.83. The lowest BCUT2D eigenvalue weighted by Crippen LogP contribution is -3.00. The first-order valence-corrected chi connectivity index (χ1v) is 11.7. The van der Waals surface area contributed by atoms with Crippen molar-refractivity contribution >= 4 is 11.5 Å². The number of halogens is 1. The Bertz CT molecular complexity index is 1160. The van der Waals surface area contributed by atoms with Crippen molar-refractivity contribution in [2.75, 3.05) is 32.2 Å². The van der Waals surface area contributed by atoms with E-state index in [4.69, 9.17) is 9.47 Å². The highest BCUT2D eigenvalue weighted by molar-refractivity contribution is 5.98. The maximum absolute atomic E-state index is 12.3. The number of anilines is 1. The Balaban J connectivity index is 0.00000274. The van der Waals surface area contributed by atoms with Gasteiger partial charge in [-0.05, 0) is 42.5 Å². The van der Waals surface area contributed by atoms with E-state index in [2.05, 4.69) is 45.9 Å². The molecule has 0 amide bonds. The maximum Gasteiger partial charge on any atom is 0.275 e. The monoisotopic (exact) mass is 522 g/mol. The molecule has 0 bridgehead atoms. The number of nitrogens with zero attached hydrogens (tertiary/aromatic N) is 2. The van der Waals surface area contributed by atoms with Crippen LogP contribution in [-0.2, 0) is 5.72 Å². The number of hydrogen-bond donors (Lipinski definition) is 1. The van der Waals surface area contributed by atoms with Crippen molar-refractivity contribution in [3.05, 3.63) is 78.4 Å². The lowest BCUT2D eigenvalue weighted by Gasteiger charge is -2.30. The first-order chi connectivity index (χ1) is 16.1. The molecule has 6 heteroatoms. The molecule has 0 spiro atoms. The predicted octanol–water partition coefficient (Wildman–Crippen LogP) is 2.03. The maximum atomic E-state index is 12.3. The average molecular weight is 523 g/mol. The fourth-order valence-corrected chi connectivity index (χ4v) is 5.11. The van der Waals surface area contributed by atoms with Gasteiger partial charge in [0.05, 0.1) is 20.8 Å². The molecule has 5 nitrogen and oxygen atoms in total. The van der Waals surface area contributed by atoms with Gasteiger partial charge in [0, 0.05) is 18.1 Å². The Kier molecular flexibility index (Phi) is 7.29. The molecule has 1 N–H and O–H groups in total. The predicted molar refractivity (Wildman–Crippen MR) is 131 cm³/mol. The van der Waals surface area contributed by atoms with Gasteiger partial charge in [0.25, 0.3) is 11.6 Å². The van der Waals surface area contributed by atoms with E-state index < -0.39 is 5.72 Å². The van der Waals surface area contributed by atoms with Crippen LogP contribution >= 0.6 is 0 Å². The second kappa shape index (κ2) is 10.2. The van der Waals surface area contributed by atoms with Crippen LogP contribution in [0.25, 0.3) is 11.1 Å². The summed E-state index contributed by atoms with van der Waals surface area (Å²) in [6.07, 6.45) is 4.39. The molecule has 0 fully saturated rings. The number of amidine groups is 1. The van der Waals surface area contributed by atoms with Crippen molar-refractivity contribution in [1.29, 1.82) is 0 Å². The van der Waals surface area contributed by atoms with Crippen LogP contribution in [-0.4, -0.2) is 42.8 Å². The summed E-state index contributed by atoms with van der Waals surface area (Å²) in [5.74, 6) is 2.58. The number of ether oxygens (including phenoxy) is 2. The topological polar surface area (TPSA) is 44.9 Å². The van der Waals surface area contributed by atoms with Gasteiger partial charge in [-0.15, -0.1) is 0 Å². The first-order valence-electron chi connectivity index (χ1n) is 11.7. The molecule has 34 heavy (non-hydrogen) atoms. The molecule has 0 aliphatic carbocycles. The van der Waals surface area contributed by atoms with Crippen LogP contribution in [0.1, 0.15) is 31.2 Å². The molecule has 0 aromatic heterocycles. The zero-order valence-corrected chi connectivity index (χ0v) is 21.3. The molecule has 3 aromatic carbocycles. The highest BCUT2D eigenvalue weighted by Gasteiger charge is 2.54. The van der Waals surface area contributed by atoms with Crippen molar-refractivity contribution < 1.29 is 36.1 Å². The summed E-state index contributed by atoms with van der Waals surface area (Å²) in [5, 5.41) is 12.3. The van der Waals surface area contributed by atoms with Crippen molar-refractivity contribution in [3.8, 4) is 22.6 Å². The number of aliphatic hydroxyl groups is 1. The van der Waals surface area contributed by atoms with Crippen molar-refractivity contribution in [1.82, 2.24) is 0 Å². The standard InChI is InChI=1S/C28H31N2O3.BrH/c1-32-24-16-17-25(26(19-24)33-2)30-27-11-7-4-8-18-29(27)20-28(30,31)23-14-12-22(13-15-23)21-9-5-3-6-10-21;/h3,5-6,9-10,12-17,19,31H,4,7-8,11,18,20H2,1-2H3;1H/q+1;/p-1. The minimum Gasteiger partial charge on any atom is -1.00 e. The largest absolute Gasteiger partial charge is 1.00 e. The van der Waals surface area contributed by atoms with E-state index in [9.17, 15) is 5.11 Å². The van der Waals surface area contributed by atoms with Crippen LogP contribution in [0.4, 0.5) is 5.69 Å². The van der Waals surface area contributed by atoms with Crippen LogP contribution in [0.2, 0.25) is 0 Å². The van der Waals surface area contributed by atoms with Gasteiger partial charge in [-0.1, -0.05) is 54.6 Å². The first kappa shape index (κ1) is 24.3. The molecule has 0 saturated carbocycles. The highest BCUT2D eigenvalue weighted by Crippen LogP contribution is 2.43. The molecule has 2 heterocycles. The summed E-state index contributed by atoms with van der Waals surface area (Å²) in [6.45, 7) is 1.48. The summed E-state index contributed by atoms with van der Waals surface area (Å²) in [6, 6.07) is 24.4. The second-order valence-electron chi connectivity index (χ2n) is 8.78. The van der Waals surface area contributed by atoms with Gasteiger partial charge in [-0.3, -0.25) is 4.58 Å². The summed E-state index contributed by atoms with van der Waals surface area (Å²) >= 11 is 0. The van der Waals surface area contributed by atoms with Crippen molar-refractivity contribution in [2.24, 2.45) is 0 Å². The normalized spacial score (nSPS) is 19.8. The molecular formula is C28H31BrN2O3. The summed E-state index contributed by atoms with van der Waals surface area (Å²) < 4.78 is 13.5. The van der Waals surface area contributed by atoms with Crippen LogP contribution in [0.3, 0.4) is 0 Å². The summed E-state index contributed by atoms with van der Waals surface area (Å²) in [5.41, 5.74) is 2.84. The Morgan fingerprint density at radius 2 is 1.59 bits per heavy atom. The van der Waals surface area contributed by atoms with Crippen LogP contribution in [0.5, 0.6) is 11.5 Å². The van der Waals surface area contributed by atoms with E-state index in [-0.39, 0.29) is 17.0 Å². The third-order valence-electron chi connectivity index (χ3n) is 6.81. The fourth-order valence-electron chi connectivity index (χ4n) is 5.11. The van der Waals surface area contributed by atoms with Gasteiger partial charge in [-0.25, -0.2) is 0 Å². The summed E-state index contributed by atoms with van der Waals surface area (Å²) in [4.78, 5) is 2.09. The van der Waals surface area contributed by atoms with Gasteiger partial charge in [0.2, 0.25) is 0 Å². The molecule has 2 aliphatic rings. The van der Waals surface area contributed by atoms with Gasteiger partial charge < -0.3 is 31.6 Å². The van der Waals surface area contributed by atoms with Crippen LogP contribution in [0, 0.1) is 0 Å². The quantitative estimate of drug-likeness (QED) is 0.520. The van der Waals surface area contributed by atoms with E-state index in [0.29, 0.717) is 12.3 Å². The lowest BCUT2D eigenvalue weighted by molar-refractivity contribution is -0.534. The van der Waals surface area contributed by atoms with E-state index in [1.54, 1.807) is 14.2 Å². The summed E-state index contributed by atoms with van der Waals surface area (Å²) in [7, 11) is 3.31. The molecule has 1 atom stereocenters. The molecule has 0 radical (unpaired) electrons. The van der Waals surface area contributed by atoms with Gasteiger partial charge in [-0.2, -0.15) is 4.90 Å². The van der Waals surface area contributed by atoms with Gasteiger partial charge in [0.1, 0.15) is 5.75 Å². The average Bonchev–Trinajstić information content (AvgIpc) is 2.99. The number of benzene rings is 3. The van der Waals surface area contributed by atoms with Crippen LogP contribution in [0.15, 0.2) is 72.8 Å². The van der Waals surface area contributed by atoms with Gasteiger partial charge in [0.15, 0.2) is 18.0 Å². The fraction of sp³-hybridized carbons (Fsp3) is 0.321. The molecule has 178 valence electrons. The zero-order chi connectivity index (χ0) is 22.8. The molecule has 1 unspecified atom stereocenters. The van der Waals surface area contributed by atoms with E-state index in [1.165, 1.54) is 12.0 Å². The number of hydrogen-bond acceptors (Lipinski definition) is 4. The third kappa shape index (κ3) is 4.32. The molecule has 0 saturated heterocycles. The molecule has 5 rings (SSSR count). The highest BCUT2D eigenvalue weighted by atomic mass is 79.9. The Labute approximate surface area is 212 Å². The van der Waals surface area contributed by atoms with E-state index in [0.717, 1.165) is 54.2 Å². The smallest absolute Gasteiger partial charge is 0.275 e. The van der Waals surface area contributed by atoms with Crippen molar-refractivity contribution in [2.45, 2.75) is 31.4 Å². The molecular weight excluding hydrogens is 492 g/mol. The minimum atomic E-state index is -1.19. The Morgan fingerprint density at radius 1 is 0.853 bits per heavy atom. The Morgan fingerprint density at radius 3 is 2.29 bits per heavy atom. The van der Waals surface area contributed by atoms with Crippen LogP contribution < -0.4 is 31.4 Å².